The van der Waals surface area contributed by atoms with E-state index in [4.69, 9.17) is 0 Å². The summed E-state index contributed by atoms with van der Waals surface area (Å²) >= 11 is 2.28. The number of anilines is 1. The van der Waals surface area contributed by atoms with Crippen molar-refractivity contribution >= 4 is 39.6 Å². The highest BCUT2D eigenvalue weighted by Crippen LogP contribution is 2.30. The second-order valence-corrected chi connectivity index (χ2v) is 9.12. The van der Waals surface area contributed by atoms with Crippen molar-refractivity contribution in [1.29, 1.82) is 0 Å². The SMILES string of the molecule is C[C@](O)(c1ccc(F)cc1)c1cnc(N2CC=C(c3ncnn4cc(I)cc34)CC2)nc1. The number of halogens is 2. The topological polar surface area (TPSA) is 79.4 Å². The quantitative estimate of drug-likeness (QED) is 0.396. The van der Waals surface area contributed by atoms with E-state index in [0.717, 1.165) is 27.7 Å². The normalized spacial score (nSPS) is 16.1. The number of rotatable bonds is 4. The second kappa shape index (κ2) is 8.21. The van der Waals surface area contributed by atoms with Gasteiger partial charge in [0.25, 0.3) is 0 Å². The van der Waals surface area contributed by atoms with Crippen molar-refractivity contribution < 1.29 is 9.50 Å². The molecule has 0 fully saturated rings. The lowest BCUT2D eigenvalue weighted by Crippen LogP contribution is -2.30. The Hall–Kier alpha value is -2.92. The van der Waals surface area contributed by atoms with Crippen molar-refractivity contribution in [3.63, 3.8) is 0 Å². The van der Waals surface area contributed by atoms with E-state index in [-0.39, 0.29) is 5.82 Å². The van der Waals surface area contributed by atoms with Crippen LogP contribution in [0.25, 0.3) is 11.1 Å². The highest BCUT2D eigenvalue weighted by atomic mass is 127. The number of aliphatic hydroxyl groups is 1. The average Bonchev–Trinajstić information content (AvgIpc) is 3.20. The van der Waals surface area contributed by atoms with Crippen LogP contribution in [0.2, 0.25) is 0 Å². The molecule has 7 nitrogen and oxygen atoms in total. The Morgan fingerprint density at radius 2 is 1.84 bits per heavy atom. The molecular formula is C23H20FIN6O. The Morgan fingerprint density at radius 3 is 2.53 bits per heavy atom. The predicted molar refractivity (Wildman–Crippen MR) is 128 cm³/mol. The van der Waals surface area contributed by atoms with E-state index >= 15 is 0 Å². The molecule has 1 aliphatic heterocycles. The summed E-state index contributed by atoms with van der Waals surface area (Å²) in [4.78, 5) is 15.6. The molecule has 3 aromatic heterocycles. The van der Waals surface area contributed by atoms with Crippen molar-refractivity contribution in [1.82, 2.24) is 24.6 Å². The number of fused-ring (bicyclic) bond motifs is 1. The van der Waals surface area contributed by atoms with E-state index in [1.807, 2.05) is 10.7 Å². The van der Waals surface area contributed by atoms with Crippen LogP contribution >= 0.6 is 22.6 Å². The van der Waals surface area contributed by atoms with Crippen LogP contribution < -0.4 is 4.90 Å². The minimum atomic E-state index is -1.31. The highest BCUT2D eigenvalue weighted by Gasteiger charge is 2.27. The molecule has 0 bridgehead atoms. The van der Waals surface area contributed by atoms with Crippen molar-refractivity contribution in [2.45, 2.75) is 18.9 Å². The molecule has 32 heavy (non-hydrogen) atoms. The summed E-state index contributed by atoms with van der Waals surface area (Å²) in [5.74, 6) is 0.257. The largest absolute Gasteiger partial charge is 0.381 e. The molecule has 0 saturated heterocycles. The van der Waals surface area contributed by atoms with E-state index in [1.54, 1.807) is 37.8 Å². The standard InChI is InChI=1S/C23H20FIN6O/c1-23(32,16-2-4-18(24)5-3-16)17-11-26-22(27-12-17)30-8-6-15(7-9-30)21-20-10-19(25)13-31(20)29-14-28-21/h2-6,10-14,32H,7-9H2,1H3/t23-/m0/s1. The van der Waals surface area contributed by atoms with Gasteiger partial charge in [-0.25, -0.2) is 23.9 Å². The average molecular weight is 542 g/mol. The van der Waals surface area contributed by atoms with Gasteiger partial charge in [-0.15, -0.1) is 0 Å². The van der Waals surface area contributed by atoms with Crippen LogP contribution in [-0.4, -0.2) is 42.8 Å². The van der Waals surface area contributed by atoms with Crippen LogP contribution in [0.15, 0.2) is 61.3 Å². The first-order chi connectivity index (χ1) is 15.4. The molecular weight excluding hydrogens is 522 g/mol. The third-order valence-electron chi connectivity index (χ3n) is 5.78. The summed E-state index contributed by atoms with van der Waals surface area (Å²) in [5, 5.41) is 15.2. The van der Waals surface area contributed by atoms with Crippen molar-refractivity contribution in [3.8, 4) is 0 Å². The summed E-state index contributed by atoms with van der Waals surface area (Å²) in [6.07, 6.45) is 9.78. The maximum absolute atomic E-state index is 13.2. The van der Waals surface area contributed by atoms with Gasteiger partial charge in [0.1, 0.15) is 17.7 Å². The van der Waals surface area contributed by atoms with E-state index in [0.29, 0.717) is 23.6 Å². The fourth-order valence-electron chi connectivity index (χ4n) is 3.89. The van der Waals surface area contributed by atoms with Crippen LogP contribution in [0.1, 0.15) is 30.2 Å². The van der Waals surface area contributed by atoms with Crippen molar-refractivity contribution in [2.24, 2.45) is 0 Å². The number of benzene rings is 1. The maximum Gasteiger partial charge on any atom is 0.225 e. The number of nitrogens with zero attached hydrogens (tertiary/aromatic N) is 6. The molecule has 5 rings (SSSR count). The van der Waals surface area contributed by atoms with Crippen LogP contribution in [0.5, 0.6) is 0 Å². The summed E-state index contributed by atoms with van der Waals surface area (Å²) in [6.45, 7) is 3.07. The highest BCUT2D eigenvalue weighted by molar-refractivity contribution is 14.1. The lowest BCUT2D eigenvalue weighted by Gasteiger charge is -2.28. The molecule has 0 unspecified atom stereocenters. The Bertz CT molecular complexity index is 1300. The van der Waals surface area contributed by atoms with Gasteiger partial charge < -0.3 is 10.0 Å². The zero-order valence-corrected chi connectivity index (χ0v) is 19.4. The minimum Gasteiger partial charge on any atom is -0.381 e. The lowest BCUT2D eigenvalue weighted by molar-refractivity contribution is 0.101. The van der Waals surface area contributed by atoms with E-state index in [2.05, 4.69) is 59.7 Å². The molecule has 162 valence electrons. The van der Waals surface area contributed by atoms with Gasteiger partial charge in [0.2, 0.25) is 5.95 Å². The molecule has 9 heteroatoms. The van der Waals surface area contributed by atoms with Crippen molar-refractivity contribution in [3.05, 3.63) is 87.5 Å². The first kappa shape index (κ1) is 21.0. The molecule has 1 atom stereocenters. The fourth-order valence-corrected chi connectivity index (χ4v) is 4.45. The predicted octanol–water partition coefficient (Wildman–Crippen LogP) is 3.81. The zero-order chi connectivity index (χ0) is 22.3. The number of hydrogen-bond donors (Lipinski definition) is 1. The third-order valence-corrected chi connectivity index (χ3v) is 6.37. The van der Waals surface area contributed by atoms with Gasteiger partial charge in [0.15, 0.2) is 0 Å². The number of hydrogen-bond acceptors (Lipinski definition) is 6. The van der Waals surface area contributed by atoms with Crippen LogP contribution in [-0.2, 0) is 5.60 Å². The van der Waals surface area contributed by atoms with E-state index in [9.17, 15) is 9.50 Å². The molecule has 4 aromatic rings. The molecule has 0 aliphatic carbocycles. The molecule has 4 heterocycles. The smallest absolute Gasteiger partial charge is 0.225 e. The van der Waals surface area contributed by atoms with E-state index in [1.165, 1.54) is 17.7 Å². The molecule has 1 aliphatic rings. The van der Waals surface area contributed by atoms with Crippen LogP contribution in [0.3, 0.4) is 0 Å². The molecule has 0 spiro atoms. The minimum absolute atomic E-state index is 0.344. The second-order valence-electron chi connectivity index (χ2n) is 7.87. The van der Waals surface area contributed by atoms with Gasteiger partial charge in [0.05, 0.1) is 11.2 Å². The molecule has 0 radical (unpaired) electrons. The molecule has 1 aromatic carbocycles. The van der Waals surface area contributed by atoms with E-state index < -0.39 is 5.60 Å². The lowest BCUT2D eigenvalue weighted by atomic mass is 9.90. The maximum atomic E-state index is 13.2. The van der Waals surface area contributed by atoms with Gasteiger partial charge >= 0.3 is 0 Å². The summed E-state index contributed by atoms with van der Waals surface area (Å²) in [7, 11) is 0. The zero-order valence-electron chi connectivity index (χ0n) is 17.3. The Balaban J connectivity index is 1.34. The first-order valence-electron chi connectivity index (χ1n) is 10.2. The Morgan fingerprint density at radius 1 is 1.09 bits per heavy atom. The number of aromatic nitrogens is 5. The van der Waals surface area contributed by atoms with Gasteiger partial charge in [-0.3, -0.25) is 0 Å². The van der Waals surface area contributed by atoms with Gasteiger partial charge in [0, 0.05) is 40.8 Å². The monoisotopic (exact) mass is 542 g/mol. The molecule has 1 N–H and O–H groups in total. The van der Waals surface area contributed by atoms with Crippen LogP contribution in [0.4, 0.5) is 10.3 Å². The van der Waals surface area contributed by atoms with Gasteiger partial charge in [-0.2, -0.15) is 5.10 Å². The Labute approximate surface area is 197 Å². The molecule has 0 amide bonds. The fraction of sp³-hybridized carbons (Fsp3) is 0.217. The molecule has 0 saturated carbocycles. The van der Waals surface area contributed by atoms with Crippen LogP contribution in [0, 0.1) is 9.39 Å². The van der Waals surface area contributed by atoms with Gasteiger partial charge in [-0.1, -0.05) is 18.2 Å². The summed E-state index contributed by atoms with van der Waals surface area (Å²) in [6, 6.07) is 7.87. The van der Waals surface area contributed by atoms with Gasteiger partial charge in [-0.05, 0) is 65.3 Å². The Kier molecular flexibility index (Phi) is 5.38. The van der Waals surface area contributed by atoms with Crippen molar-refractivity contribution in [2.75, 3.05) is 18.0 Å². The third kappa shape index (κ3) is 3.86. The summed E-state index contributed by atoms with van der Waals surface area (Å²) in [5.41, 5.74) is 2.95. The summed E-state index contributed by atoms with van der Waals surface area (Å²) < 4.78 is 16.2. The first-order valence-corrected chi connectivity index (χ1v) is 11.2.